The van der Waals surface area contributed by atoms with Crippen molar-refractivity contribution in [3.63, 3.8) is 0 Å². The SMILES string of the molecule is CC(C#N)OOc1ccc(-c2ccccc2)cc1. The molecule has 1 atom stereocenters. The summed E-state index contributed by atoms with van der Waals surface area (Å²) in [6, 6.07) is 19.5. The van der Waals surface area contributed by atoms with Gasteiger partial charge in [0, 0.05) is 0 Å². The molecule has 0 spiro atoms. The zero-order chi connectivity index (χ0) is 12.8. The van der Waals surface area contributed by atoms with Crippen molar-refractivity contribution in [2.45, 2.75) is 13.0 Å². The van der Waals surface area contributed by atoms with Crippen LogP contribution in [-0.2, 0) is 4.89 Å². The van der Waals surface area contributed by atoms with Crippen LogP contribution in [0.5, 0.6) is 5.75 Å². The van der Waals surface area contributed by atoms with Gasteiger partial charge in [0.2, 0.25) is 0 Å². The lowest BCUT2D eigenvalue weighted by Gasteiger charge is -2.07. The zero-order valence-electron chi connectivity index (χ0n) is 10.0. The average Bonchev–Trinajstić information content (AvgIpc) is 2.46. The summed E-state index contributed by atoms with van der Waals surface area (Å²) in [5.74, 6) is 0.580. The number of benzene rings is 2. The molecule has 3 heteroatoms. The van der Waals surface area contributed by atoms with E-state index < -0.39 is 6.10 Å². The molecule has 0 aliphatic rings. The number of nitrogens with zero attached hydrogens (tertiary/aromatic N) is 1. The zero-order valence-corrected chi connectivity index (χ0v) is 10.0. The van der Waals surface area contributed by atoms with Gasteiger partial charge in [0.25, 0.3) is 0 Å². The quantitative estimate of drug-likeness (QED) is 0.605. The molecule has 0 aliphatic carbocycles. The maximum absolute atomic E-state index is 8.55. The van der Waals surface area contributed by atoms with E-state index in [0.29, 0.717) is 5.75 Å². The van der Waals surface area contributed by atoms with Crippen LogP contribution in [0.1, 0.15) is 6.92 Å². The van der Waals surface area contributed by atoms with Crippen LogP contribution in [0.2, 0.25) is 0 Å². The molecular weight excluding hydrogens is 226 g/mol. The fraction of sp³-hybridized carbons (Fsp3) is 0.133. The monoisotopic (exact) mass is 239 g/mol. The minimum Gasteiger partial charge on any atom is -0.336 e. The lowest BCUT2D eigenvalue weighted by Crippen LogP contribution is -2.07. The molecule has 0 heterocycles. The van der Waals surface area contributed by atoms with Crippen LogP contribution < -0.4 is 4.89 Å². The Morgan fingerprint density at radius 3 is 2.17 bits per heavy atom. The van der Waals surface area contributed by atoms with E-state index in [1.54, 1.807) is 6.92 Å². The molecule has 0 amide bonds. The van der Waals surface area contributed by atoms with E-state index in [0.717, 1.165) is 11.1 Å². The first-order valence-corrected chi connectivity index (χ1v) is 5.68. The number of hydrogen-bond donors (Lipinski definition) is 0. The van der Waals surface area contributed by atoms with E-state index in [4.69, 9.17) is 15.0 Å². The molecule has 0 saturated heterocycles. The highest BCUT2D eigenvalue weighted by Crippen LogP contribution is 2.22. The van der Waals surface area contributed by atoms with Gasteiger partial charge in [-0.3, -0.25) is 0 Å². The van der Waals surface area contributed by atoms with Gasteiger partial charge in [-0.25, -0.2) is 0 Å². The molecular formula is C15H13NO2. The molecule has 0 aliphatic heterocycles. The van der Waals surface area contributed by atoms with E-state index >= 15 is 0 Å². The third-order valence-corrected chi connectivity index (χ3v) is 2.43. The van der Waals surface area contributed by atoms with Crippen LogP contribution >= 0.6 is 0 Å². The third-order valence-electron chi connectivity index (χ3n) is 2.43. The van der Waals surface area contributed by atoms with Gasteiger partial charge in [0.15, 0.2) is 11.9 Å². The molecule has 0 bridgehead atoms. The van der Waals surface area contributed by atoms with Crippen LogP contribution in [-0.4, -0.2) is 6.10 Å². The molecule has 1 unspecified atom stereocenters. The van der Waals surface area contributed by atoms with Gasteiger partial charge in [-0.2, -0.15) is 10.1 Å². The highest BCUT2D eigenvalue weighted by molar-refractivity contribution is 5.63. The van der Waals surface area contributed by atoms with Crippen LogP contribution in [0.4, 0.5) is 0 Å². The Morgan fingerprint density at radius 1 is 0.944 bits per heavy atom. The summed E-state index contributed by atoms with van der Waals surface area (Å²) >= 11 is 0. The summed E-state index contributed by atoms with van der Waals surface area (Å²) in [5.41, 5.74) is 2.26. The first-order chi connectivity index (χ1) is 8.79. The van der Waals surface area contributed by atoms with Crippen molar-refractivity contribution < 1.29 is 9.78 Å². The maximum Gasteiger partial charge on any atom is 0.187 e. The van der Waals surface area contributed by atoms with Crippen molar-refractivity contribution in [1.29, 1.82) is 5.26 Å². The Morgan fingerprint density at radius 2 is 1.56 bits per heavy atom. The Balaban J connectivity index is 2.05. The lowest BCUT2D eigenvalue weighted by molar-refractivity contribution is -0.224. The number of nitriles is 1. The second-order valence-electron chi connectivity index (χ2n) is 3.84. The molecule has 3 nitrogen and oxygen atoms in total. The molecule has 0 N–H and O–H groups in total. The second-order valence-corrected chi connectivity index (χ2v) is 3.84. The minimum absolute atomic E-state index is 0.580. The molecule has 2 aromatic carbocycles. The van der Waals surface area contributed by atoms with Gasteiger partial charge >= 0.3 is 0 Å². The molecule has 2 aromatic rings. The first kappa shape index (κ1) is 12.2. The fourth-order valence-electron chi connectivity index (χ4n) is 1.48. The summed E-state index contributed by atoms with van der Waals surface area (Å²) in [6.45, 7) is 1.62. The topological polar surface area (TPSA) is 42.2 Å². The molecule has 0 fully saturated rings. The predicted molar refractivity (Wildman–Crippen MR) is 68.7 cm³/mol. The number of rotatable bonds is 4. The summed E-state index contributed by atoms with van der Waals surface area (Å²) < 4.78 is 0. The second kappa shape index (κ2) is 5.85. The van der Waals surface area contributed by atoms with Gasteiger partial charge in [-0.1, -0.05) is 42.5 Å². The summed E-state index contributed by atoms with van der Waals surface area (Å²) in [6.07, 6.45) is -0.584. The highest BCUT2D eigenvalue weighted by atomic mass is 17.2. The predicted octanol–water partition coefficient (Wildman–Crippen LogP) is 3.58. The van der Waals surface area contributed by atoms with E-state index in [9.17, 15) is 0 Å². The first-order valence-electron chi connectivity index (χ1n) is 5.68. The maximum atomic E-state index is 8.55. The van der Waals surface area contributed by atoms with Gasteiger partial charge in [-0.05, 0) is 30.2 Å². The van der Waals surface area contributed by atoms with Crippen molar-refractivity contribution in [2.75, 3.05) is 0 Å². The van der Waals surface area contributed by atoms with Gasteiger partial charge < -0.3 is 4.89 Å². The molecule has 2 rings (SSSR count). The Labute approximate surface area is 106 Å². The Hall–Kier alpha value is -2.31. The van der Waals surface area contributed by atoms with Gasteiger partial charge in [0.05, 0.1) is 6.07 Å². The smallest absolute Gasteiger partial charge is 0.187 e. The van der Waals surface area contributed by atoms with Crippen LogP contribution in [0.25, 0.3) is 11.1 Å². The highest BCUT2D eigenvalue weighted by Gasteiger charge is 2.02. The van der Waals surface area contributed by atoms with E-state index in [1.807, 2.05) is 60.7 Å². The van der Waals surface area contributed by atoms with E-state index in [-0.39, 0.29) is 0 Å². The fourth-order valence-corrected chi connectivity index (χ4v) is 1.48. The van der Waals surface area contributed by atoms with E-state index in [1.165, 1.54) is 0 Å². The Bertz CT molecular complexity index is 529. The molecule has 0 radical (unpaired) electrons. The molecule has 0 aromatic heterocycles. The Kier molecular flexibility index (Phi) is 3.95. The minimum atomic E-state index is -0.584. The summed E-state index contributed by atoms with van der Waals surface area (Å²) in [5, 5.41) is 8.55. The summed E-state index contributed by atoms with van der Waals surface area (Å²) in [7, 11) is 0. The average molecular weight is 239 g/mol. The third kappa shape index (κ3) is 3.09. The van der Waals surface area contributed by atoms with Crippen molar-refractivity contribution >= 4 is 0 Å². The normalized spacial score (nSPS) is 11.6. The number of hydrogen-bond acceptors (Lipinski definition) is 3. The molecule has 18 heavy (non-hydrogen) atoms. The van der Waals surface area contributed by atoms with E-state index in [2.05, 4.69) is 0 Å². The molecule has 0 saturated carbocycles. The van der Waals surface area contributed by atoms with Crippen molar-refractivity contribution in [1.82, 2.24) is 0 Å². The van der Waals surface area contributed by atoms with Gasteiger partial charge in [0.1, 0.15) is 0 Å². The molecule has 90 valence electrons. The van der Waals surface area contributed by atoms with Crippen LogP contribution in [0.3, 0.4) is 0 Å². The van der Waals surface area contributed by atoms with Crippen molar-refractivity contribution in [3.05, 3.63) is 54.6 Å². The lowest BCUT2D eigenvalue weighted by atomic mass is 10.1. The van der Waals surface area contributed by atoms with Gasteiger partial charge in [-0.15, -0.1) is 0 Å². The summed E-state index contributed by atoms with van der Waals surface area (Å²) in [4.78, 5) is 9.89. The van der Waals surface area contributed by atoms with Crippen LogP contribution in [0.15, 0.2) is 54.6 Å². The van der Waals surface area contributed by atoms with Crippen molar-refractivity contribution in [3.8, 4) is 22.9 Å². The standard InChI is InChI=1S/C15H13NO2/c1-12(11-16)17-18-15-9-7-14(8-10-15)13-5-3-2-4-6-13/h2-10,12H,1H3. The largest absolute Gasteiger partial charge is 0.336 e. The van der Waals surface area contributed by atoms with Crippen LogP contribution in [0, 0.1) is 11.3 Å². The van der Waals surface area contributed by atoms with Crippen molar-refractivity contribution in [2.24, 2.45) is 0 Å².